The van der Waals surface area contributed by atoms with Crippen molar-refractivity contribution in [2.45, 2.75) is 13.5 Å². The van der Waals surface area contributed by atoms with E-state index in [1.807, 2.05) is 6.92 Å². The number of ether oxygens (including phenoxy) is 2. The van der Waals surface area contributed by atoms with Crippen LogP contribution < -0.4 is 9.47 Å². The van der Waals surface area contributed by atoms with Crippen molar-refractivity contribution in [3.63, 3.8) is 0 Å². The van der Waals surface area contributed by atoms with Crippen LogP contribution in [0.1, 0.15) is 28.4 Å². The smallest absolute Gasteiger partial charge is 0.293 e. The van der Waals surface area contributed by atoms with Crippen molar-refractivity contribution in [1.29, 1.82) is 0 Å². The van der Waals surface area contributed by atoms with Crippen LogP contribution >= 0.6 is 46.6 Å². The van der Waals surface area contributed by atoms with Gasteiger partial charge in [-0.2, -0.15) is 0 Å². The van der Waals surface area contributed by atoms with Crippen molar-refractivity contribution >= 4 is 69.6 Å². The van der Waals surface area contributed by atoms with E-state index in [0.717, 1.165) is 22.2 Å². The summed E-state index contributed by atoms with van der Waals surface area (Å²) < 4.78 is 11.6. The van der Waals surface area contributed by atoms with Crippen LogP contribution in [0.4, 0.5) is 4.79 Å². The highest BCUT2D eigenvalue weighted by Crippen LogP contribution is 2.35. The average molecular weight is 577 g/mol. The Labute approximate surface area is 233 Å². The van der Waals surface area contributed by atoms with E-state index >= 15 is 0 Å². The molecule has 0 N–H and O–H groups in total. The molecule has 0 atom stereocenters. The molecule has 190 valence electrons. The number of hydrogen-bond acceptors (Lipinski definition) is 6. The Morgan fingerprint density at radius 3 is 2.35 bits per heavy atom. The molecule has 1 heterocycles. The maximum Gasteiger partial charge on any atom is 0.293 e. The third kappa shape index (κ3) is 6.67. The molecule has 1 aliphatic rings. The summed E-state index contributed by atoms with van der Waals surface area (Å²) in [5.41, 5.74) is 1.76. The Hall–Kier alpha value is -2.97. The van der Waals surface area contributed by atoms with Gasteiger partial charge in [0.25, 0.3) is 11.1 Å². The molecule has 0 bridgehead atoms. The molecular formula is C27H20Cl3NO5S. The number of rotatable bonds is 9. The second-order valence-corrected chi connectivity index (χ2v) is 10.1. The fourth-order valence-electron chi connectivity index (χ4n) is 3.45. The number of hydrogen-bond donors (Lipinski definition) is 0. The molecule has 37 heavy (non-hydrogen) atoms. The lowest BCUT2D eigenvalue weighted by atomic mass is 10.1. The molecule has 1 aliphatic heterocycles. The highest BCUT2D eigenvalue weighted by Gasteiger charge is 2.36. The summed E-state index contributed by atoms with van der Waals surface area (Å²) in [5, 5.41) is 1.00. The van der Waals surface area contributed by atoms with Crippen molar-refractivity contribution < 1.29 is 23.9 Å². The molecule has 0 aliphatic carbocycles. The number of benzene rings is 3. The second-order valence-electron chi connectivity index (χ2n) is 7.86. The lowest BCUT2D eigenvalue weighted by molar-refractivity contribution is -0.122. The summed E-state index contributed by atoms with van der Waals surface area (Å²) in [4.78, 5) is 39.1. The highest BCUT2D eigenvalue weighted by atomic mass is 35.5. The van der Waals surface area contributed by atoms with Gasteiger partial charge in [0, 0.05) is 26.2 Å². The van der Waals surface area contributed by atoms with Crippen LogP contribution in [-0.2, 0) is 11.4 Å². The standard InChI is InChI=1S/C27H20Cl3NO5S/c1-2-35-24-11-16(3-10-23(24)36-15-18-6-9-20(29)13-21(18)30)12-25-26(33)31(27(34)37-25)14-22(32)17-4-7-19(28)8-5-17/h3-13H,2,14-15H2,1H3/b25-12+. The normalized spacial score (nSPS) is 14.4. The van der Waals surface area contributed by atoms with Crippen molar-refractivity contribution in [3.8, 4) is 11.5 Å². The molecule has 0 unspecified atom stereocenters. The van der Waals surface area contributed by atoms with Gasteiger partial charge in [-0.15, -0.1) is 0 Å². The number of Topliss-reactive ketones (excluding diaryl/α,β-unsaturated/α-hetero) is 1. The summed E-state index contributed by atoms with van der Waals surface area (Å²) in [6.07, 6.45) is 1.58. The second kappa shape index (κ2) is 12.0. The molecule has 4 rings (SSSR count). The van der Waals surface area contributed by atoms with E-state index in [4.69, 9.17) is 44.3 Å². The number of carbonyl (C=O) groups excluding carboxylic acids is 3. The molecule has 0 radical (unpaired) electrons. The first kappa shape index (κ1) is 27.1. The van der Waals surface area contributed by atoms with Crippen LogP contribution in [0, 0.1) is 0 Å². The minimum absolute atomic E-state index is 0.204. The SMILES string of the molecule is CCOc1cc(/C=C2/SC(=O)N(CC(=O)c3ccc(Cl)cc3)C2=O)ccc1OCc1ccc(Cl)cc1Cl. The summed E-state index contributed by atoms with van der Waals surface area (Å²) >= 11 is 18.8. The third-order valence-electron chi connectivity index (χ3n) is 5.31. The van der Waals surface area contributed by atoms with E-state index in [1.54, 1.807) is 66.7 Å². The Bertz CT molecular complexity index is 1390. The molecule has 3 aromatic carbocycles. The maximum atomic E-state index is 12.9. The monoisotopic (exact) mass is 575 g/mol. The highest BCUT2D eigenvalue weighted by molar-refractivity contribution is 8.18. The number of halogens is 3. The fourth-order valence-corrected chi connectivity index (χ4v) is 4.88. The predicted octanol–water partition coefficient (Wildman–Crippen LogP) is 7.54. The van der Waals surface area contributed by atoms with Gasteiger partial charge in [-0.05, 0) is 78.9 Å². The topological polar surface area (TPSA) is 72.9 Å². The molecule has 10 heteroatoms. The van der Waals surface area contributed by atoms with Gasteiger partial charge in [0.05, 0.1) is 18.1 Å². The quantitative estimate of drug-likeness (QED) is 0.193. The van der Waals surface area contributed by atoms with E-state index < -0.39 is 11.1 Å². The fraction of sp³-hybridized carbons (Fsp3) is 0.148. The van der Waals surface area contributed by atoms with E-state index in [0.29, 0.717) is 44.3 Å². The molecule has 1 fully saturated rings. The Balaban J connectivity index is 1.49. The molecule has 0 aromatic heterocycles. The summed E-state index contributed by atoms with van der Waals surface area (Å²) in [6, 6.07) is 16.6. The van der Waals surface area contributed by atoms with Gasteiger partial charge in [0.1, 0.15) is 6.61 Å². The van der Waals surface area contributed by atoms with Gasteiger partial charge in [-0.3, -0.25) is 19.3 Å². The first-order valence-corrected chi connectivity index (χ1v) is 13.1. The third-order valence-corrected chi connectivity index (χ3v) is 7.05. The van der Waals surface area contributed by atoms with Gasteiger partial charge in [0.2, 0.25) is 0 Å². The maximum absolute atomic E-state index is 12.9. The van der Waals surface area contributed by atoms with Gasteiger partial charge < -0.3 is 9.47 Å². The van der Waals surface area contributed by atoms with Crippen LogP contribution in [0.25, 0.3) is 6.08 Å². The zero-order chi connectivity index (χ0) is 26.5. The molecule has 3 aromatic rings. The minimum atomic E-state index is -0.534. The summed E-state index contributed by atoms with van der Waals surface area (Å²) in [5.74, 6) is 0.0688. The Kier molecular flexibility index (Phi) is 8.82. The first-order valence-electron chi connectivity index (χ1n) is 11.1. The molecule has 0 spiro atoms. The number of thioether (sulfide) groups is 1. The zero-order valence-corrected chi connectivity index (χ0v) is 22.6. The van der Waals surface area contributed by atoms with Crippen LogP contribution in [0.3, 0.4) is 0 Å². The average Bonchev–Trinajstić information content (AvgIpc) is 3.12. The van der Waals surface area contributed by atoms with E-state index in [-0.39, 0.29) is 23.8 Å². The van der Waals surface area contributed by atoms with Crippen LogP contribution in [-0.4, -0.2) is 35.0 Å². The van der Waals surface area contributed by atoms with Crippen LogP contribution in [0.5, 0.6) is 11.5 Å². The van der Waals surface area contributed by atoms with Crippen LogP contribution in [0.15, 0.2) is 65.6 Å². The van der Waals surface area contributed by atoms with Crippen molar-refractivity contribution in [1.82, 2.24) is 4.90 Å². The molecule has 6 nitrogen and oxygen atoms in total. The Morgan fingerprint density at radius 2 is 1.65 bits per heavy atom. The summed E-state index contributed by atoms with van der Waals surface area (Å²) in [6.45, 7) is 2.09. The number of imide groups is 1. The van der Waals surface area contributed by atoms with Crippen LogP contribution in [0.2, 0.25) is 15.1 Å². The zero-order valence-electron chi connectivity index (χ0n) is 19.5. The Morgan fingerprint density at radius 1 is 0.919 bits per heavy atom. The molecular weight excluding hydrogens is 557 g/mol. The lowest BCUT2D eigenvalue weighted by Gasteiger charge is -2.14. The van der Waals surface area contributed by atoms with Gasteiger partial charge in [-0.25, -0.2) is 0 Å². The van der Waals surface area contributed by atoms with E-state index in [1.165, 1.54) is 0 Å². The van der Waals surface area contributed by atoms with E-state index in [9.17, 15) is 14.4 Å². The number of nitrogens with zero attached hydrogens (tertiary/aromatic N) is 1. The van der Waals surface area contributed by atoms with Crippen molar-refractivity contribution in [2.75, 3.05) is 13.2 Å². The molecule has 0 saturated carbocycles. The van der Waals surface area contributed by atoms with Crippen molar-refractivity contribution in [3.05, 3.63) is 97.3 Å². The molecule has 2 amide bonds. The van der Waals surface area contributed by atoms with Gasteiger partial charge >= 0.3 is 0 Å². The summed E-state index contributed by atoms with van der Waals surface area (Å²) in [7, 11) is 0. The first-order chi connectivity index (χ1) is 17.7. The minimum Gasteiger partial charge on any atom is -0.490 e. The van der Waals surface area contributed by atoms with Crippen molar-refractivity contribution in [2.24, 2.45) is 0 Å². The lowest BCUT2D eigenvalue weighted by Crippen LogP contribution is -2.33. The van der Waals surface area contributed by atoms with Gasteiger partial charge in [0.15, 0.2) is 17.3 Å². The number of amides is 2. The van der Waals surface area contributed by atoms with Gasteiger partial charge in [-0.1, -0.05) is 46.9 Å². The predicted molar refractivity (Wildman–Crippen MR) is 147 cm³/mol. The number of carbonyl (C=O) groups is 3. The largest absolute Gasteiger partial charge is 0.490 e. The van der Waals surface area contributed by atoms with E-state index in [2.05, 4.69) is 0 Å². The molecule has 1 saturated heterocycles. The number of ketones is 1.